The van der Waals surface area contributed by atoms with Crippen molar-refractivity contribution in [3.05, 3.63) is 30.3 Å². The maximum atomic E-state index is 12.6. The molecule has 27 heavy (non-hydrogen) atoms. The van der Waals surface area contributed by atoms with Crippen LogP contribution in [0.3, 0.4) is 0 Å². The Hall–Kier alpha value is -2.41. The van der Waals surface area contributed by atoms with E-state index in [0.717, 1.165) is 12.1 Å². The zero-order chi connectivity index (χ0) is 19.8. The monoisotopic (exact) mass is 376 g/mol. The van der Waals surface area contributed by atoms with Crippen molar-refractivity contribution in [2.75, 3.05) is 32.2 Å². The molecule has 2 rings (SSSR count). The van der Waals surface area contributed by atoms with Gasteiger partial charge in [0.05, 0.1) is 20.6 Å². The van der Waals surface area contributed by atoms with Crippen molar-refractivity contribution >= 4 is 23.5 Å². The van der Waals surface area contributed by atoms with Crippen molar-refractivity contribution in [1.82, 2.24) is 4.90 Å². The minimum absolute atomic E-state index is 0.0258. The molecule has 0 aliphatic carbocycles. The topological polar surface area (TPSA) is 76.2 Å². The van der Waals surface area contributed by atoms with E-state index in [1.807, 2.05) is 42.2 Å². The van der Waals surface area contributed by atoms with Crippen LogP contribution in [0.2, 0.25) is 0 Å². The summed E-state index contributed by atoms with van der Waals surface area (Å²) in [7, 11) is 2.71. The van der Waals surface area contributed by atoms with Gasteiger partial charge < -0.3 is 14.4 Å². The highest BCUT2D eigenvalue weighted by molar-refractivity contribution is 5.94. The third kappa shape index (κ3) is 5.29. The minimum atomic E-state index is -0.491. The molecule has 148 valence electrons. The van der Waals surface area contributed by atoms with Crippen LogP contribution in [0.5, 0.6) is 0 Å². The van der Waals surface area contributed by atoms with Gasteiger partial charge in [-0.2, -0.15) is 0 Å². The normalized spacial score (nSPS) is 20.0. The van der Waals surface area contributed by atoms with Gasteiger partial charge in [-0.1, -0.05) is 25.1 Å². The molecule has 0 radical (unpaired) electrons. The molecule has 1 saturated heterocycles. The molecule has 0 saturated carbocycles. The van der Waals surface area contributed by atoms with Gasteiger partial charge in [-0.3, -0.25) is 19.3 Å². The van der Waals surface area contributed by atoms with Crippen LogP contribution in [0.25, 0.3) is 0 Å². The van der Waals surface area contributed by atoms with Crippen LogP contribution < -0.4 is 4.90 Å². The van der Waals surface area contributed by atoms with Crippen molar-refractivity contribution in [3.8, 4) is 0 Å². The lowest BCUT2D eigenvalue weighted by atomic mass is 9.94. The first-order valence-corrected chi connectivity index (χ1v) is 9.27. The average Bonchev–Trinajstić information content (AvgIpc) is 2.72. The molecule has 1 aromatic carbocycles. The molecule has 1 amide bonds. The number of carbonyl (C=O) groups excluding carboxylic acids is 3. The molecule has 2 unspecified atom stereocenters. The molecule has 1 heterocycles. The zero-order valence-corrected chi connectivity index (χ0v) is 16.2. The van der Waals surface area contributed by atoms with Gasteiger partial charge in [-0.25, -0.2) is 0 Å². The number of methoxy groups -OCH3 is 2. The van der Waals surface area contributed by atoms with Crippen molar-refractivity contribution in [2.45, 2.75) is 44.7 Å². The number of carbonyl (C=O) groups is 3. The van der Waals surface area contributed by atoms with Crippen LogP contribution in [0.1, 0.15) is 32.6 Å². The lowest BCUT2D eigenvalue weighted by Gasteiger charge is -2.42. The Balaban J connectivity index is 2.19. The Morgan fingerprint density at radius 3 is 2.44 bits per heavy atom. The zero-order valence-electron chi connectivity index (χ0n) is 16.2. The highest BCUT2D eigenvalue weighted by atomic mass is 16.5. The molecule has 7 nitrogen and oxygen atoms in total. The van der Waals surface area contributed by atoms with E-state index < -0.39 is 6.04 Å². The smallest absolute Gasteiger partial charge is 0.323 e. The summed E-state index contributed by atoms with van der Waals surface area (Å²) < 4.78 is 9.67. The largest absolute Gasteiger partial charge is 0.469 e. The number of piperidine rings is 1. The van der Waals surface area contributed by atoms with Crippen LogP contribution in [0, 0.1) is 0 Å². The maximum absolute atomic E-state index is 12.6. The van der Waals surface area contributed by atoms with E-state index >= 15 is 0 Å². The number of amides is 1. The number of nitrogens with zero attached hydrogens (tertiary/aromatic N) is 2. The molecule has 0 aromatic heterocycles. The van der Waals surface area contributed by atoms with E-state index in [9.17, 15) is 14.4 Å². The van der Waals surface area contributed by atoms with Gasteiger partial charge in [0, 0.05) is 31.2 Å². The Morgan fingerprint density at radius 2 is 1.85 bits per heavy atom. The number of esters is 2. The van der Waals surface area contributed by atoms with Gasteiger partial charge in [-0.05, 0) is 25.0 Å². The van der Waals surface area contributed by atoms with Gasteiger partial charge >= 0.3 is 11.9 Å². The number of hydrogen-bond acceptors (Lipinski definition) is 6. The molecule has 0 N–H and O–H groups in total. The lowest BCUT2D eigenvalue weighted by Crippen LogP contribution is -2.55. The second-order valence-electron chi connectivity index (χ2n) is 6.53. The van der Waals surface area contributed by atoms with Gasteiger partial charge in [0.2, 0.25) is 5.91 Å². The third-order valence-electron chi connectivity index (χ3n) is 4.96. The van der Waals surface area contributed by atoms with Gasteiger partial charge in [0.1, 0.15) is 6.04 Å². The van der Waals surface area contributed by atoms with E-state index in [-0.39, 0.29) is 30.3 Å². The standard InChI is InChI=1S/C20H28N2O5/c1-4-18(23)22(15-8-6-5-7-9-15)16-10-12-21(13-11-19(24)26-2)17(14-16)20(25)27-3/h5-9,16-17H,4,10-14H2,1-3H3. The van der Waals surface area contributed by atoms with E-state index in [1.165, 1.54) is 14.2 Å². The molecule has 1 aromatic rings. The Labute approximate surface area is 160 Å². The second kappa shape index (κ2) is 10.1. The first kappa shape index (κ1) is 20.9. The summed E-state index contributed by atoms with van der Waals surface area (Å²) >= 11 is 0. The first-order chi connectivity index (χ1) is 13.0. The SMILES string of the molecule is CCC(=O)N(c1ccccc1)C1CCN(CCC(=O)OC)C(C(=O)OC)C1. The number of hydrogen-bond donors (Lipinski definition) is 0. The molecule has 1 aliphatic rings. The quantitative estimate of drug-likeness (QED) is 0.678. The summed E-state index contributed by atoms with van der Waals surface area (Å²) in [5.74, 6) is -0.632. The number of para-hydroxylation sites is 1. The van der Waals surface area contributed by atoms with Crippen LogP contribution >= 0.6 is 0 Å². The highest BCUT2D eigenvalue weighted by Gasteiger charge is 2.38. The predicted molar refractivity (Wildman–Crippen MR) is 101 cm³/mol. The van der Waals surface area contributed by atoms with Crippen molar-refractivity contribution in [1.29, 1.82) is 0 Å². The number of rotatable bonds is 7. The van der Waals surface area contributed by atoms with Crippen molar-refractivity contribution < 1.29 is 23.9 Å². The van der Waals surface area contributed by atoms with Gasteiger partial charge in [0.15, 0.2) is 0 Å². The summed E-state index contributed by atoms with van der Waals surface area (Å²) in [5, 5.41) is 0. The fraction of sp³-hybridized carbons (Fsp3) is 0.550. The van der Waals surface area contributed by atoms with Crippen molar-refractivity contribution in [2.24, 2.45) is 0 Å². The number of ether oxygens (including phenoxy) is 2. The molecule has 0 spiro atoms. The molecule has 0 bridgehead atoms. The van der Waals surface area contributed by atoms with Crippen LogP contribution in [-0.4, -0.2) is 62.1 Å². The van der Waals surface area contributed by atoms with Gasteiger partial charge in [0.25, 0.3) is 0 Å². The van der Waals surface area contributed by atoms with E-state index in [4.69, 9.17) is 9.47 Å². The fourth-order valence-corrected chi connectivity index (χ4v) is 3.53. The average molecular weight is 376 g/mol. The molecule has 2 atom stereocenters. The molecule has 1 fully saturated rings. The fourth-order valence-electron chi connectivity index (χ4n) is 3.53. The van der Waals surface area contributed by atoms with Crippen LogP contribution in [0.4, 0.5) is 5.69 Å². The highest BCUT2D eigenvalue weighted by Crippen LogP contribution is 2.28. The Morgan fingerprint density at radius 1 is 1.15 bits per heavy atom. The number of likely N-dealkylation sites (tertiary alicyclic amines) is 1. The first-order valence-electron chi connectivity index (χ1n) is 9.27. The summed E-state index contributed by atoms with van der Waals surface area (Å²) in [6.45, 7) is 2.86. The van der Waals surface area contributed by atoms with E-state index in [2.05, 4.69) is 0 Å². The molecule has 1 aliphatic heterocycles. The second-order valence-corrected chi connectivity index (χ2v) is 6.53. The van der Waals surface area contributed by atoms with E-state index in [0.29, 0.717) is 25.9 Å². The summed E-state index contributed by atoms with van der Waals surface area (Å²) in [4.78, 5) is 40.2. The third-order valence-corrected chi connectivity index (χ3v) is 4.96. The number of anilines is 1. The molecular formula is C20H28N2O5. The van der Waals surface area contributed by atoms with E-state index in [1.54, 1.807) is 4.90 Å². The lowest BCUT2D eigenvalue weighted by molar-refractivity contribution is -0.150. The Bertz CT molecular complexity index is 649. The van der Waals surface area contributed by atoms with Crippen molar-refractivity contribution in [3.63, 3.8) is 0 Å². The van der Waals surface area contributed by atoms with Gasteiger partial charge in [-0.15, -0.1) is 0 Å². The minimum Gasteiger partial charge on any atom is -0.469 e. The Kier molecular flexibility index (Phi) is 7.79. The maximum Gasteiger partial charge on any atom is 0.323 e. The van der Waals surface area contributed by atoms with Crippen LogP contribution in [0.15, 0.2) is 30.3 Å². The summed E-state index contributed by atoms with van der Waals surface area (Å²) in [5.41, 5.74) is 0.834. The molecule has 7 heteroatoms. The van der Waals surface area contributed by atoms with Crippen LogP contribution in [-0.2, 0) is 23.9 Å². The molecular weight excluding hydrogens is 348 g/mol. The summed E-state index contributed by atoms with van der Waals surface area (Å²) in [6.07, 6.45) is 1.79. The number of benzene rings is 1. The summed E-state index contributed by atoms with van der Waals surface area (Å²) in [6, 6.07) is 8.93. The predicted octanol–water partition coefficient (Wildman–Crippen LogP) is 2.00.